The topological polar surface area (TPSA) is 84.2 Å². The fourth-order valence-electron chi connectivity index (χ4n) is 2.42. The Balaban J connectivity index is 2.31. The highest BCUT2D eigenvalue weighted by Gasteiger charge is 2.32. The van der Waals surface area contributed by atoms with Crippen molar-refractivity contribution in [1.82, 2.24) is 15.1 Å². The number of aromatic nitrogens is 2. The molecule has 6 heteroatoms. The molecule has 1 aromatic heterocycles. The van der Waals surface area contributed by atoms with Crippen LogP contribution >= 0.6 is 0 Å². The first-order chi connectivity index (χ1) is 8.52. The van der Waals surface area contributed by atoms with Gasteiger partial charge >= 0.3 is 0 Å². The van der Waals surface area contributed by atoms with E-state index in [1.165, 1.54) is 0 Å². The molecule has 0 saturated carbocycles. The molecular weight excluding hydrogens is 232 g/mol. The number of ether oxygens (including phenoxy) is 1. The van der Waals surface area contributed by atoms with E-state index in [0.717, 1.165) is 17.0 Å². The van der Waals surface area contributed by atoms with E-state index >= 15 is 0 Å². The highest BCUT2D eigenvalue weighted by molar-refractivity contribution is 5.81. The lowest BCUT2D eigenvalue weighted by Crippen LogP contribution is -2.49. The Morgan fingerprint density at radius 1 is 1.61 bits per heavy atom. The molecule has 1 saturated heterocycles. The molecule has 0 spiro atoms. The van der Waals surface area contributed by atoms with Crippen LogP contribution in [0.1, 0.15) is 29.9 Å². The monoisotopic (exact) mass is 252 g/mol. The van der Waals surface area contributed by atoms with Gasteiger partial charge in [0.25, 0.3) is 0 Å². The third-order valence-electron chi connectivity index (χ3n) is 3.32. The van der Waals surface area contributed by atoms with E-state index in [1.54, 1.807) is 11.8 Å². The summed E-state index contributed by atoms with van der Waals surface area (Å²) in [5.74, 6) is -0.0386. The van der Waals surface area contributed by atoms with Crippen molar-refractivity contribution in [3.05, 3.63) is 17.0 Å². The van der Waals surface area contributed by atoms with Crippen LogP contribution in [0.5, 0.6) is 0 Å². The Bertz CT molecular complexity index is 422. The SMILES string of the molecule is Cc1n[nH]c(C)c1C1COCCN1C(=O)[C@@H](C)N. The zero-order valence-corrected chi connectivity index (χ0v) is 11.1. The number of aromatic amines is 1. The lowest BCUT2D eigenvalue weighted by molar-refractivity contribution is -0.141. The van der Waals surface area contributed by atoms with Gasteiger partial charge in [0.05, 0.1) is 31.0 Å². The number of morpholine rings is 1. The number of hydrogen-bond donors (Lipinski definition) is 2. The molecule has 1 amide bonds. The molecule has 1 aliphatic rings. The van der Waals surface area contributed by atoms with Crippen molar-refractivity contribution < 1.29 is 9.53 Å². The number of nitrogens with two attached hydrogens (primary N) is 1. The predicted octanol–water partition coefficient (Wildman–Crippen LogP) is 0.274. The molecule has 1 unspecified atom stereocenters. The van der Waals surface area contributed by atoms with Gasteiger partial charge in [-0.1, -0.05) is 0 Å². The maximum Gasteiger partial charge on any atom is 0.239 e. The quantitative estimate of drug-likeness (QED) is 0.791. The van der Waals surface area contributed by atoms with Gasteiger partial charge in [-0.3, -0.25) is 9.89 Å². The lowest BCUT2D eigenvalue weighted by atomic mass is 10.0. The molecule has 1 aromatic rings. The Labute approximate surface area is 106 Å². The van der Waals surface area contributed by atoms with Crippen molar-refractivity contribution in [2.24, 2.45) is 5.73 Å². The van der Waals surface area contributed by atoms with Gasteiger partial charge in [-0.25, -0.2) is 0 Å². The number of carbonyl (C=O) groups is 1. The van der Waals surface area contributed by atoms with Gasteiger partial charge in [-0.2, -0.15) is 5.10 Å². The first-order valence-electron chi connectivity index (χ1n) is 6.17. The summed E-state index contributed by atoms with van der Waals surface area (Å²) in [6.45, 7) is 7.24. The van der Waals surface area contributed by atoms with Crippen LogP contribution in [0.4, 0.5) is 0 Å². The number of hydrogen-bond acceptors (Lipinski definition) is 4. The van der Waals surface area contributed by atoms with Crippen LogP contribution in [0.25, 0.3) is 0 Å². The molecule has 1 aliphatic heterocycles. The highest BCUT2D eigenvalue weighted by atomic mass is 16.5. The largest absolute Gasteiger partial charge is 0.377 e. The maximum absolute atomic E-state index is 12.1. The van der Waals surface area contributed by atoms with Crippen molar-refractivity contribution >= 4 is 5.91 Å². The smallest absolute Gasteiger partial charge is 0.239 e. The fraction of sp³-hybridized carbons (Fsp3) is 0.667. The second-order valence-electron chi connectivity index (χ2n) is 4.76. The van der Waals surface area contributed by atoms with E-state index < -0.39 is 6.04 Å². The first-order valence-corrected chi connectivity index (χ1v) is 6.17. The van der Waals surface area contributed by atoms with E-state index in [9.17, 15) is 4.79 Å². The van der Waals surface area contributed by atoms with Crippen LogP contribution in [0.2, 0.25) is 0 Å². The summed E-state index contributed by atoms with van der Waals surface area (Å²) in [5, 5.41) is 7.13. The first kappa shape index (κ1) is 13.0. The van der Waals surface area contributed by atoms with Gasteiger partial charge in [-0.05, 0) is 20.8 Å². The normalized spacial score (nSPS) is 22.0. The van der Waals surface area contributed by atoms with Crippen molar-refractivity contribution in [2.75, 3.05) is 19.8 Å². The minimum atomic E-state index is -0.488. The standard InChI is InChI=1S/C12H20N4O2/c1-7(13)12(17)16-4-5-18-6-10(16)11-8(2)14-15-9(11)3/h7,10H,4-6,13H2,1-3H3,(H,14,15)/t7-,10?/m1/s1. The maximum atomic E-state index is 12.1. The zero-order chi connectivity index (χ0) is 13.3. The third kappa shape index (κ3) is 2.26. The molecule has 0 aromatic carbocycles. The summed E-state index contributed by atoms with van der Waals surface area (Å²) in [4.78, 5) is 13.9. The van der Waals surface area contributed by atoms with Crippen LogP contribution in [-0.4, -0.2) is 46.8 Å². The van der Waals surface area contributed by atoms with Crippen LogP contribution in [0, 0.1) is 13.8 Å². The molecule has 2 heterocycles. The molecule has 2 atom stereocenters. The Morgan fingerprint density at radius 3 is 2.89 bits per heavy atom. The number of nitrogens with one attached hydrogen (secondary N) is 1. The molecule has 18 heavy (non-hydrogen) atoms. The molecule has 3 N–H and O–H groups in total. The summed E-state index contributed by atoms with van der Waals surface area (Å²) >= 11 is 0. The van der Waals surface area contributed by atoms with Crippen LogP contribution in [-0.2, 0) is 9.53 Å². The molecule has 0 bridgehead atoms. The zero-order valence-electron chi connectivity index (χ0n) is 11.1. The van der Waals surface area contributed by atoms with Crippen molar-refractivity contribution in [3.8, 4) is 0 Å². The van der Waals surface area contributed by atoms with E-state index in [1.807, 2.05) is 13.8 Å². The molecule has 0 aliphatic carbocycles. The van der Waals surface area contributed by atoms with Gasteiger partial charge in [0.1, 0.15) is 0 Å². The van der Waals surface area contributed by atoms with E-state index in [0.29, 0.717) is 19.8 Å². The number of amides is 1. The summed E-state index contributed by atoms with van der Waals surface area (Å²) in [6.07, 6.45) is 0. The average molecular weight is 252 g/mol. The Kier molecular flexibility index (Phi) is 3.68. The molecule has 6 nitrogen and oxygen atoms in total. The molecular formula is C12H20N4O2. The predicted molar refractivity (Wildman–Crippen MR) is 67.0 cm³/mol. The number of rotatable bonds is 2. The summed E-state index contributed by atoms with van der Waals surface area (Å²) in [5.41, 5.74) is 8.63. The molecule has 100 valence electrons. The van der Waals surface area contributed by atoms with Crippen LogP contribution in [0.15, 0.2) is 0 Å². The summed E-state index contributed by atoms with van der Waals surface area (Å²) in [6, 6.07) is -0.575. The second kappa shape index (κ2) is 5.07. The third-order valence-corrected chi connectivity index (χ3v) is 3.32. The number of carbonyl (C=O) groups excluding carboxylic acids is 1. The minimum Gasteiger partial charge on any atom is -0.377 e. The van der Waals surface area contributed by atoms with Gasteiger partial charge in [0.2, 0.25) is 5.91 Å². The van der Waals surface area contributed by atoms with Crippen molar-refractivity contribution in [1.29, 1.82) is 0 Å². The van der Waals surface area contributed by atoms with Crippen molar-refractivity contribution in [3.63, 3.8) is 0 Å². The molecule has 0 radical (unpaired) electrons. The fourth-order valence-corrected chi connectivity index (χ4v) is 2.42. The highest BCUT2D eigenvalue weighted by Crippen LogP contribution is 2.28. The summed E-state index contributed by atoms with van der Waals surface area (Å²) < 4.78 is 5.50. The Hall–Kier alpha value is -1.40. The average Bonchev–Trinajstić information content (AvgIpc) is 2.68. The Morgan fingerprint density at radius 2 is 2.33 bits per heavy atom. The van der Waals surface area contributed by atoms with Crippen LogP contribution in [0.3, 0.4) is 0 Å². The van der Waals surface area contributed by atoms with Crippen LogP contribution < -0.4 is 5.73 Å². The van der Waals surface area contributed by atoms with Gasteiger partial charge in [0.15, 0.2) is 0 Å². The lowest BCUT2D eigenvalue weighted by Gasteiger charge is -2.36. The van der Waals surface area contributed by atoms with Gasteiger partial charge in [0, 0.05) is 17.8 Å². The molecule has 1 fully saturated rings. The van der Waals surface area contributed by atoms with Gasteiger partial charge < -0.3 is 15.4 Å². The number of nitrogens with zero attached hydrogens (tertiary/aromatic N) is 2. The van der Waals surface area contributed by atoms with E-state index in [4.69, 9.17) is 10.5 Å². The molecule has 2 rings (SSSR count). The summed E-state index contributed by atoms with van der Waals surface area (Å²) in [7, 11) is 0. The number of H-pyrrole nitrogens is 1. The number of aryl methyl sites for hydroxylation is 2. The van der Waals surface area contributed by atoms with E-state index in [2.05, 4.69) is 10.2 Å². The van der Waals surface area contributed by atoms with E-state index in [-0.39, 0.29) is 11.9 Å². The second-order valence-corrected chi connectivity index (χ2v) is 4.76. The van der Waals surface area contributed by atoms with Gasteiger partial charge in [-0.15, -0.1) is 0 Å². The van der Waals surface area contributed by atoms with Crippen molar-refractivity contribution in [2.45, 2.75) is 32.9 Å². The minimum absolute atomic E-state index is 0.0386.